The normalized spacial score (nSPS) is 10.8. The van der Waals surface area contributed by atoms with E-state index in [0.29, 0.717) is 0 Å². The highest BCUT2D eigenvalue weighted by molar-refractivity contribution is 7.92. The lowest BCUT2D eigenvalue weighted by atomic mass is 10.1. The first-order chi connectivity index (χ1) is 11.8. The van der Waals surface area contributed by atoms with Crippen LogP contribution in [0.15, 0.2) is 47.4 Å². The van der Waals surface area contributed by atoms with Crippen molar-refractivity contribution in [3.8, 4) is 0 Å². The van der Waals surface area contributed by atoms with Gasteiger partial charge in [-0.2, -0.15) is 0 Å². The van der Waals surface area contributed by atoms with Gasteiger partial charge in [-0.25, -0.2) is 18.0 Å². The molecule has 7 nitrogen and oxygen atoms in total. The second kappa shape index (κ2) is 7.35. The molecular weight excluding hydrogens is 346 g/mol. The van der Waals surface area contributed by atoms with E-state index in [-0.39, 0.29) is 21.7 Å². The number of rotatable bonds is 5. The molecule has 0 aliphatic rings. The second-order valence-electron chi connectivity index (χ2n) is 5.16. The van der Waals surface area contributed by atoms with Crippen molar-refractivity contribution >= 4 is 27.6 Å². The van der Waals surface area contributed by atoms with Crippen molar-refractivity contribution in [2.45, 2.75) is 11.8 Å². The zero-order chi connectivity index (χ0) is 18.6. The molecule has 1 N–H and O–H groups in total. The minimum atomic E-state index is -3.91. The Morgan fingerprint density at radius 1 is 0.920 bits per heavy atom. The second-order valence-corrected chi connectivity index (χ2v) is 6.84. The number of carbonyl (C=O) groups is 2. The molecule has 8 heteroatoms. The summed E-state index contributed by atoms with van der Waals surface area (Å²) in [6, 6.07) is 10.1. The maximum Gasteiger partial charge on any atom is 0.340 e. The van der Waals surface area contributed by atoms with Gasteiger partial charge in [-0.1, -0.05) is 17.7 Å². The number of ether oxygens (including phenoxy) is 2. The van der Waals surface area contributed by atoms with Gasteiger partial charge < -0.3 is 9.47 Å². The molecule has 0 atom stereocenters. The number of esters is 2. The summed E-state index contributed by atoms with van der Waals surface area (Å²) in [6.07, 6.45) is 0. The van der Waals surface area contributed by atoms with Gasteiger partial charge in [0.05, 0.1) is 35.9 Å². The average Bonchev–Trinajstić information content (AvgIpc) is 2.60. The summed E-state index contributed by atoms with van der Waals surface area (Å²) in [7, 11) is -1.55. The van der Waals surface area contributed by atoms with Crippen LogP contribution in [0.4, 0.5) is 5.69 Å². The van der Waals surface area contributed by atoms with Gasteiger partial charge in [0, 0.05) is 0 Å². The number of nitrogens with one attached hydrogen (secondary N) is 1. The summed E-state index contributed by atoms with van der Waals surface area (Å²) in [5.41, 5.74) is 0.916. The number of hydrogen-bond donors (Lipinski definition) is 1. The summed E-state index contributed by atoms with van der Waals surface area (Å²) >= 11 is 0. The highest BCUT2D eigenvalue weighted by atomic mass is 32.2. The van der Waals surface area contributed by atoms with E-state index in [9.17, 15) is 18.0 Å². The Hall–Kier alpha value is -2.87. The van der Waals surface area contributed by atoms with E-state index >= 15 is 0 Å². The molecule has 0 spiro atoms. The molecule has 0 saturated heterocycles. The number of methoxy groups -OCH3 is 2. The van der Waals surface area contributed by atoms with Crippen LogP contribution >= 0.6 is 0 Å². The quantitative estimate of drug-likeness (QED) is 0.819. The van der Waals surface area contributed by atoms with Gasteiger partial charge in [-0.15, -0.1) is 0 Å². The van der Waals surface area contributed by atoms with Crippen LogP contribution in [-0.2, 0) is 19.5 Å². The van der Waals surface area contributed by atoms with Crippen LogP contribution in [-0.4, -0.2) is 34.6 Å². The van der Waals surface area contributed by atoms with Gasteiger partial charge in [0.15, 0.2) is 0 Å². The predicted molar refractivity (Wildman–Crippen MR) is 91.1 cm³/mol. The van der Waals surface area contributed by atoms with Gasteiger partial charge in [0.25, 0.3) is 10.0 Å². The Labute approximate surface area is 145 Å². The first-order valence-electron chi connectivity index (χ1n) is 7.18. The molecule has 0 fully saturated rings. The lowest BCUT2D eigenvalue weighted by Crippen LogP contribution is -2.17. The molecule has 2 aromatic rings. The van der Waals surface area contributed by atoms with Gasteiger partial charge in [0.2, 0.25) is 0 Å². The Morgan fingerprint density at radius 2 is 1.52 bits per heavy atom. The van der Waals surface area contributed by atoms with Crippen LogP contribution in [0, 0.1) is 6.92 Å². The van der Waals surface area contributed by atoms with Crippen LogP contribution in [0.25, 0.3) is 0 Å². The molecule has 0 unspecified atom stereocenters. The Morgan fingerprint density at radius 3 is 2.08 bits per heavy atom. The molecular formula is C17H17NO6S. The first-order valence-corrected chi connectivity index (χ1v) is 8.67. The van der Waals surface area contributed by atoms with Crippen molar-refractivity contribution in [1.82, 2.24) is 0 Å². The van der Waals surface area contributed by atoms with E-state index in [1.54, 1.807) is 12.1 Å². The zero-order valence-corrected chi connectivity index (χ0v) is 14.7. The van der Waals surface area contributed by atoms with Crippen molar-refractivity contribution in [2.24, 2.45) is 0 Å². The van der Waals surface area contributed by atoms with Gasteiger partial charge >= 0.3 is 11.9 Å². The number of hydrogen-bond acceptors (Lipinski definition) is 6. The van der Waals surface area contributed by atoms with Gasteiger partial charge in [-0.05, 0) is 37.3 Å². The number of sulfonamides is 1. The van der Waals surface area contributed by atoms with Crippen molar-refractivity contribution in [3.63, 3.8) is 0 Å². The van der Waals surface area contributed by atoms with Crippen LogP contribution < -0.4 is 4.72 Å². The van der Waals surface area contributed by atoms with E-state index in [1.807, 2.05) is 6.92 Å². The fourth-order valence-electron chi connectivity index (χ4n) is 2.08. The minimum Gasteiger partial charge on any atom is -0.465 e. The van der Waals surface area contributed by atoms with Crippen molar-refractivity contribution in [3.05, 3.63) is 59.2 Å². The monoisotopic (exact) mass is 363 g/mol. The summed E-state index contributed by atoms with van der Waals surface area (Å²) < 4.78 is 36.6. The largest absolute Gasteiger partial charge is 0.465 e. The van der Waals surface area contributed by atoms with Crippen LogP contribution in [0.3, 0.4) is 0 Å². The lowest BCUT2D eigenvalue weighted by molar-refractivity contribution is 0.0600. The van der Waals surface area contributed by atoms with Gasteiger partial charge in [0.1, 0.15) is 0 Å². The molecule has 0 saturated carbocycles. The Balaban J connectivity index is 2.45. The maximum atomic E-state index is 12.5. The number of carbonyl (C=O) groups excluding carboxylic acids is 2. The predicted octanol–water partition coefficient (Wildman–Crippen LogP) is 2.37. The summed E-state index contributed by atoms with van der Waals surface area (Å²) in [5.74, 6) is -1.44. The number of benzene rings is 2. The standard InChI is InChI=1S/C17H17NO6S/c1-11-4-7-13(8-5-11)25(21,22)18-15-9-6-12(16(19)23-2)10-14(15)17(20)24-3/h4-10,18H,1-3H3. The molecule has 0 radical (unpaired) electrons. The topological polar surface area (TPSA) is 98.8 Å². The molecule has 132 valence electrons. The summed E-state index contributed by atoms with van der Waals surface area (Å²) in [4.78, 5) is 23.6. The SMILES string of the molecule is COC(=O)c1ccc(NS(=O)(=O)c2ccc(C)cc2)c(C(=O)OC)c1. The van der Waals surface area contributed by atoms with E-state index in [1.165, 1.54) is 37.4 Å². The van der Waals surface area contributed by atoms with Crippen LogP contribution in [0.2, 0.25) is 0 Å². The first kappa shape index (κ1) is 18.5. The molecule has 0 amide bonds. The average molecular weight is 363 g/mol. The van der Waals surface area contributed by atoms with E-state index in [0.717, 1.165) is 12.7 Å². The Kier molecular flexibility index (Phi) is 5.43. The maximum absolute atomic E-state index is 12.5. The highest BCUT2D eigenvalue weighted by Crippen LogP contribution is 2.23. The molecule has 0 bridgehead atoms. The summed E-state index contributed by atoms with van der Waals surface area (Å²) in [6.45, 7) is 1.84. The van der Waals surface area contributed by atoms with E-state index < -0.39 is 22.0 Å². The number of aryl methyl sites for hydroxylation is 1. The molecule has 0 aromatic heterocycles. The van der Waals surface area contributed by atoms with Crippen LogP contribution in [0.5, 0.6) is 0 Å². The molecule has 2 aromatic carbocycles. The lowest BCUT2D eigenvalue weighted by Gasteiger charge is -2.13. The van der Waals surface area contributed by atoms with Crippen molar-refractivity contribution in [1.29, 1.82) is 0 Å². The third kappa shape index (κ3) is 4.16. The molecule has 0 heterocycles. The third-order valence-corrected chi connectivity index (χ3v) is 4.80. The van der Waals surface area contributed by atoms with E-state index in [2.05, 4.69) is 14.2 Å². The molecule has 2 rings (SSSR count). The third-order valence-electron chi connectivity index (χ3n) is 3.42. The smallest absolute Gasteiger partial charge is 0.340 e. The summed E-state index contributed by atoms with van der Waals surface area (Å²) in [5, 5.41) is 0. The number of anilines is 1. The highest BCUT2D eigenvalue weighted by Gasteiger charge is 2.21. The fraction of sp³-hybridized carbons (Fsp3) is 0.176. The van der Waals surface area contributed by atoms with Crippen molar-refractivity contribution in [2.75, 3.05) is 18.9 Å². The van der Waals surface area contributed by atoms with Crippen LogP contribution in [0.1, 0.15) is 26.3 Å². The molecule has 25 heavy (non-hydrogen) atoms. The minimum absolute atomic E-state index is 0.0000723. The van der Waals surface area contributed by atoms with Crippen molar-refractivity contribution < 1.29 is 27.5 Å². The molecule has 0 aliphatic heterocycles. The molecule has 0 aliphatic carbocycles. The van der Waals surface area contributed by atoms with Gasteiger partial charge in [-0.3, -0.25) is 4.72 Å². The Bertz CT molecular complexity index is 903. The van der Waals surface area contributed by atoms with E-state index in [4.69, 9.17) is 0 Å². The fourth-order valence-corrected chi connectivity index (χ4v) is 3.16. The zero-order valence-electron chi connectivity index (χ0n) is 13.9.